The number of hydrogen-bond donors (Lipinski definition) is 1. The van der Waals surface area contributed by atoms with Crippen LogP contribution in [0.3, 0.4) is 0 Å². The summed E-state index contributed by atoms with van der Waals surface area (Å²) in [6, 6.07) is 17.4. The summed E-state index contributed by atoms with van der Waals surface area (Å²) < 4.78 is 0. The van der Waals surface area contributed by atoms with E-state index < -0.39 is 0 Å². The molecule has 6 heteroatoms. The van der Waals surface area contributed by atoms with Crippen LogP contribution in [0.1, 0.15) is 64.7 Å². The average Bonchev–Trinajstić information content (AvgIpc) is 3.48. The molecule has 2 aliphatic rings. The van der Waals surface area contributed by atoms with Crippen molar-refractivity contribution in [2.45, 2.75) is 86.6 Å². The zero-order valence-corrected chi connectivity index (χ0v) is 20.4. The monoisotopic (exact) mass is 468 g/mol. The zero-order chi connectivity index (χ0) is 22.3. The maximum absolute atomic E-state index is 13.1. The van der Waals surface area contributed by atoms with E-state index in [1.54, 1.807) is 21.6 Å². The van der Waals surface area contributed by atoms with Gasteiger partial charge in [-0.25, -0.2) is 0 Å². The van der Waals surface area contributed by atoms with Crippen LogP contribution >= 0.6 is 21.6 Å². The number of para-hydroxylation sites is 2. The van der Waals surface area contributed by atoms with Gasteiger partial charge >= 0.3 is 0 Å². The fraction of sp³-hybridized carbons (Fsp3) is 0.462. The molecule has 1 amide bonds. The molecule has 0 aromatic heterocycles. The third kappa shape index (κ3) is 5.90. The lowest BCUT2D eigenvalue weighted by Crippen LogP contribution is -2.40. The molecule has 0 atom stereocenters. The molecule has 0 spiro atoms. The summed E-state index contributed by atoms with van der Waals surface area (Å²) >= 11 is 0. The number of amides is 1. The first kappa shape index (κ1) is 23.2. The van der Waals surface area contributed by atoms with Crippen LogP contribution in [0.25, 0.3) is 0 Å². The average molecular weight is 469 g/mol. The second kappa shape index (κ2) is 11.3. The fourth-order valence-corrected chi connectivity index (χ4v) is 7.07. The van der Waals surface area contributed by atoms with Crippen LogP contribution in [-0.2, 0) is 9.59 Å². The van der Waals surface area contributed by atoms with E-state index in [4.69, 9.17) is 0 Å². The molecule has 0 saturated heterocycles. The van der Waals surface area contributed by atoms with E-state index in [0.29, 0.717) is 6.04 Å². The molecule has 2 saturated carbocycles. The van der Waals surface area contributed by atoms with Gasteiger partial charge in [0.15, 0.2) is 0 Å². The highest BCUT2D eigenvalue weighted by Crippen LogP contribution is 2.45. The number of anilines is 2. The first-order valence-electron chi connectivity index (χ1n) is 11.7. The predicted molar refractivity (Wildman–Crippen MR) is 136 cm³/mol. The molecule has 2 aromatic carbocycles. The van der Waals surface area contributed by atoms with Gasteiger partial charge in [-0.3, -0.25) is 9.59 Å². The Kier molecular flexibility index (Phi) is 8.20. The summed E-state index contributed by atoms with van der Waals surface area (Å²) in [5.41, 5.74) is 2.12. The van der Waals surface area contributed by atoms with Gasteiger partial charge < -0.3 is 10.2 Å². The minimum Gasteiger partial charge on any atom is -0.381 e. The van der Waals surface area contributed by atoms with Gasteiger partial charge in [-0.05, 0) is 56.9 Å². The van der Waals surface area contributed by atoms with Crippen molar-refractivity contribution in [3.63, 3.8) is 0 Å². The number of benzene rings is 2. The highest BCUT2D eigenvalue weighted by Gasteiger charge is 2.30. The Labute approximate surface area is 199 Å². The molecule has 0 radical (unpaired) electrons. The van der Waals surface area contributed by atoms with E-state index in [-0.39, 0.29) is 24.2 Å². The normalized spacial score (nSPS) is 16.9. The SMILES string of the molecule is CC(=O)CC(=O)N(c1ccccc1SSc1ccccc1NC1CCCC1)C1CCCC1. The topological polar surface area (TPSA) is 49.4 Å². The Hall–Kier alpha value is -1.92. The lowest BCUT2D eigenvalue weighted by Gasteiger charge is -2.30. The number of rotatable bonds is 9. The minimum atomic E-state index is -0.0792. The third-order valence-corrected chi connectivity index (χ3v) is 8.78. The maximum atomic E-state index is 13.1. The molecule has 170 valence electrons. The van der Waals surface area contributed by atoms with Crippen molar-refractivity contribution in [2.75, 3.05) is 10.2 Å². The van der Waals surface area contributed by atoms with Crippen molar-refractivity contribution < 1.29 is 9.59 Å². The first-order chi connectivity index (χ1) is 15.6. The summed E-state index contributed by atoms with van der Waals surface area (Å²) in [7, 11) is 3.43. The van der Waals surface area contributed by atoms with Gasteiger partial charge in [0.05, 0.1) is 12.1 Å². The molecule has 0 heterocycles. The van der Waals surface area contributed by atoms with E-state index >= 15 is 0 Å². The largest absolute Gasteiger partial charge is 0.381 e. The van der Waals surface area contributed by atoms with Crippen LogP contribution in [0.4, 0.5) is 11.4 Å². The van der Waals surface area contributed by atoms with Gasteiger partial charge in [-0.1, -0.05) is 71.5 Å². The third-order valence-electron chi connectivity index (χ3n) is 6.31. The van der Waals surface area contributed by atoms with Crippen molar-refractivity contribution >= 4 is 44.7 Å². The fourth-order valence-electron chi connectivity index (χ4n) is 4.76. The smallest absolute Gasteiger partial charge is 0.234 e. The quantitative estimate of drug-likeness (QED) is 0.314. The molecule has 1 N–H and O–H groups in total. The van der Waals surface area contributed by atoms with Crippen molar-refractivity contribution in [3.8, 4) is 0 Å². The van der Waals surface area contributed by atoms with Gasteiger partial charge in [0.2, 0.25) is 5.91 Å². The van der Waals surface area contributed by atoms with Crippen LogP contribution in [-0.4, -0.2) is 23.8 Å². The standard InChI is InChI=1S/C26H32N2O2S2/c1-19(29)18-26(30)28(21-12-4-5-13-21)23-15-7-9-17-25(23)32-31-24-16-8-6-14-22(24)27-20-10-2-3-11-20/h6-9,14-17,20-21,27H,2-5,10-13,18H2,1H3. The second-order valence-electron chi connectivity index (χ2n) is 8.84. The van der Waals surface area contributed by atoms with Crippen molar-refractivity contribution in [3.05, 3.63) is 48.5 Å². The molecule has 2 fully saturated rings. The Morgan fingerprint density at radius 2 is 1.47 bits per heavy atom. The van der Waals surface area contributed by atoms with Crippen LogP contribution in [0.5, 0.6) is 0 Å². The molecule has 4 nitrogen and oxygen atoms in total. The number of carbonyl (C=O) groups excluding carboxylic acids is 2. The van der Waals surface area contributed by atoms with E-state index in [9.17, 15) is 9.59 Å². The molecule has 0 aliphatic heterocycles. The van der Waals surface area contributed by atoms with Crippen molar-refractivity contribution in [1.29, 1.82) is 0 Å². The molecular weight excluding hydrogens is 436 g/mol. The first-order valence-corrected chi connectivity index (χ1v) is 13.9. The molecule has 0 unspecified atom stereocenters. The Morgan fingerprint density at radius 3 is 2.19 bits per heavy atom. The highest BCUT2D eigenvalue weighted by atomic mass is 33.1. The summed E-state index contributed by atoms with van der Waals surface area (Å²) in [4.78, 5) is 29.0. The van der Waals surface area contributed by atoms with Crippen molar-refractivity contribution in [1.82, 2.24) is 0 Å². The number of carbonyl (C=O) groups is 2. The number of nitrogens with one attached hydrogen (secondary N) is 1. The van der Waals surface area contributed by atoms with E-state index in [1.807, 2.05) is 23.1 Å². The molecule has 32 heavy (non-hydrogen) atoms. The Balaban J connectivity index is 1.54. The van der Waals surface area contributed by atoms with Crippen LogP contribution < -0.4 is 10.2 Å². The van der Waals surface area contributed by atoms with Crippen molar-refractivity contribution in [2.24, 2.45) is 0 Å². The van der Waals surface area contributed by atoms with Gasteiger partial charge in [-0.15, -0.1) is 0 Å². The number of ketones is 1. The highest BCUT2D eigenvalue weighted by molar-refractivity contribution is 8.76. The minimum absolute atomic E-state index is 0.0310. The van der Waals surface area contributed by atoms with Gasteiger partial charge in [0.25, 0.3) is 0 Å². The number of nitrogens with zero attached hydrogens (tertiary/aromatic N) is 1. The lowest BCUT2D eigenvalue weighted by molar-refractivity contribution is -0.125. The summed E-state index contributed by atoms with van der Waals surface area (Å²) in [5.74, 6) is -0.157. The van der Waals surface area contributed by atoms with Crippen LogP contribution in [0.2, 0.25) is 0 Å². The number of Topliss-reactive ketones (excluding diaryl/α,β-unsaturated/α-hetero) is 1. The van der Waals surface area contributed by atoms with E-state index in [0.717, 1.165) is 36.3 Å². The summed E-state index contributed by atoms with van der Waals surface area (Å²) in [5, 5.41) is 3.73. The van der Waals surface area contributed by atoms with Gasteiger partial charge in [0.1, 0.15) is 5.78 Å². The van der Waals surface area contributed by atoms with Gasteiger partial charge in [0, 0.05) is 27.6 Å². The molecule has 0 bridgehead atoms. The maximum Gasteiger partial charge on any atom is 0.234 e. The number of hydrogen-bond acceptors (Lipinski definition) is 5. The summed E-state index contributed by atoms with van der Waals surface area (Å²) in [6.07, 6.45) is 9.34. The predicted octanol–water partition coefficient (Wildman–Crippen LogP) is 7.10. The Morgan fingerprint density at radius 1 is 0.875 bits per heavy atom. The van der Waals surface area contributed by atoms with Crippen LogP contribution in [0, 0.1) is 0 Å². The van der Waals surface area contributed by atoms with E-state index in [2.05, 4.69) is 35.6 Å². The summed E-state index contributed by atoms with van der Waals surface area (Å²) in [6.45, 7) is 1.50. The second-order valence-corrected chi connectivity index (χ2v) is 11.1. The molecular formula is C26H32N2O2S2. The zero-order valence-electron chi connectivity index (χ0n) is 18.7. The lowest BCUT2D eigenvalue weighted by atomic mass is 10.1. The van der Waals surface area contributed by atoms with Crippen LogP contribution in [0.15, 0.2) is 58.3 Å². The van der Waals surface area contributed by atoms with E-state index in [1.165, 1.54) is 43.2 Å². The van der Waals surface area contributed by atoms with Gasteiger partial charge in [-0.2, -0.15) is 0 Å². The molecule has 2 aliphatic carbocycles. The Bertz CT molecular complexity index is 937. The molecule has 4 rings (SSSR count). The molecule has 2 aromatic rings.